The molecule has 5 nitrogen and oxygen atoms in total. The SMILES string of the molecule is Nc1nc2c(F)cc(F)cc2n1CC(=O)NC1CC1. The summed E-state index contributed by atoms with van der Waals surface area (Å²) in [4.78, 5) is 15.5. The van der Waals surface area contributed by atoms with Crippen LogP contribution in [0.25, 0.3) is 11.0 Å². The highest BCUT2D eigenvalue weighted by molar-refractivity contribution is 5.83. The van der Waals surface area contributed by atoms with Gasteiger partial charge < -0.3 is 15.6 Å². The number of nitrogen functional groups attached to an aromatic ring is 1. The van der Waals surface area contributed by atoms with E-state index in [9.17, 15) is 13.6 Å². The van der Waals surface area contributed by atoms with E-state index in [0.717, 1.165) is 25.0 Å². The van der Waals surface area contributed by atoms with Crippen LogP contribution in [0.15, 0.2) is 12.1 Å². The van der Waals surface area contributed by atoms with Gasteiger partial charge in [-0.15, -0.1) is 0 Å². The van der Waals surface area contributed by atoms with Crippen molar-refractivity contribution >= 4 is 22.9 Å². The summed E-state index contributed by atoms with van der Waals surface area (Å²) in [5, 5.41) is 2.78. The molecule has 1 aliphatic carbocycles. The Morgan fingerprint density at radius 1 is 1.47 bits per heavy atom. The minimum atomic E-state index is -0.789. The van der Waals surface area contributed by atoms with E-state index in [0.29, 0.717) is 0 Å². The predicted octanol–water partition coefficient (Wildman–Crippen LogP) is 1.18. The Balaban J connectivity index is 1.97. The first-order valence-corrected chi connectivity index (χ1v) is 5.94. The van der Waals surface area contributed by atoms with Gasteiger partial charge in [-0.2, -0.15) is 0 Å². The quantitative estimate of drug-likeness (QED) is 0.876. The minimum Gasteiger partial charge on any atom is -0.369 e. The first-order valence-electron chi connectivity index (χ1n) is 5.94. The average Bonchev–Trinajstić information content (AvgIpc) is 3.07. The summed E-state index contributed by atoms with van der Waals surface area (Å²) in [7, 11) is 0. The van der Waals surface area contributed by atoms with Crippen molar-refractivity contribution in [3.63, 3.8) is 0 Å². The summed E-state index contributed by atoms with van der Waals surface area (Å²) in [6.45, 7) is -0.0955. The third-order valence-electron chi connectivity index (χ3n) is 3.05. The van der Waals surface area contributed by atoms with E-state index in [1.54, 1.807) is 0 Å². The lowest BCUT2D eigenvalue weighted by molar-refractivity contribution is -0.121. The van der Waals surface area contributed by atoms with E-state index in [1.807, 2.05) is 0 Å². The van der Waals surface area contributed by atoms with Crippen LogP contribution in [0.2, 0.25) is 0 Å². The van der Waals surface area contributed by atoms with Crippen molar-refractivity contribution in [3.05, 3.63) is 23.8 Å². The Morgan fingerprint density at radius 2 is 2.21 bits per heavy atom. The zero-order chi connectivity index (χ0) is 13.6. The zero-order valence-electron chi connectivity index (χ0n) is 9.99. The number of imidazole rings is 1. The number of carbonyl (C=O) groups excluding carboxylic acids is 1. The smallest absolute Gasteiger partial charge is 0.240 e. The topological polar surface area (TPSA) is 72.9 Å². The summed E-state index contributed by atoms with van der Waals surface area (Å²) in [5.74, 6) is -1.76. The summed E-state index contributed by atoms with van der Waals surface area (Å²) in [6.07, 6.45) is 1.93. The molecule has 1 aromatic heterocycles. The standard InChI is InChI=1S/C12H12F2N4O/c13-6-3-8(14)11-9(4-6)18(12(15)17-11)5-10(19)16-7-1-2-7/h3-4,7H,1-2,5H2,(H2,15,17)(H,16,19). The third kappa shape index (κ3) is 2.23. The van der Waals surface area contributed by atoms with Gasteiger partial charge >= 0.3 is 0 Å². The van der Waals surface area contributed by atoms with Crippen molar-refractivity contribution in [1.82, 2.24) is 14.9 Å². The van der Waals surface area contributed by atoms with Crippen LogP contribution >= 0.6 is 0 Å². The lowest BCUT2D eigenvalue weighted by Gasteiger charge is -2.07. The number of nitrogens with zero attached hydrogens (tertiary/aromatic N) is 2. The molecular formula is C12H12F2N4O. The van der Waals surface area contributed by atoms with Crippen LogP contribution in [0.5, 0.6) is 0 Å². The van der Waals surface area contributed by atoms with Crippen LogP contribution in [0, 0.1) is 11.6 Å². The van der Waals surface area contributed by atoms with Gasteiger partial charge in [0.2, 0.25) is 11.9 Å². The van der Waals surface area contributed by atoms with Crippen molar-refractivity contribution < 1.29 is 13.6 Å². The maximum absolute atomic E-state index is 13.5. The molecule has 0 radical (unpaired) electrons. The van der Waals surface area contributed by atoms with Gasteiger partial charge in [0.25, 0.3) is 0 Å². The summed E-state index contributed by atoms with van der Waals surface area (Å²) < 4.78 is 28.1. The first kappa shape index (κ1) is 11.9. The molecule has 0 unspecified atom stereocenters. The number of carbonyl (C=O) groups is 1. The van der Waals surface area contributed by atoms with Crippen molar-refractivity contribution in [2.75, 3.05) is 5.73 Å². The largest absolute Gasteiger partial charge is 0.369 e. The fraction of sp³-hybridized carbons (Fsp3) is 0.333. The number of amides is 1. The van der Waals surface area contributed by atoms with Gasteiger partial charge in [0.05, 0.1) is 5.52 Å². The number of nitrogens with one attached hydrogen (secondary N) is 1. The Hall–Kier alpha value is -2.18. The summed E-state index contributed by atoms with van der Waals surface area (Å²) >= 11 is 0. The van der Waals surface area contributed by atoms with Gasteiger partial charge in [-0.3, -0.25) is 4.79 Å². The molecule has 0 bridgehead atoms. The second kappa shape index (κ2) is 4.18. The monoisotopic (exact) mass is 266 g/mol. The minimum absolute atomic E-state index is 0.00885. The molecule has 1 saturated carbocycles. The normalized spacial score (nSPS) is 14.8. The molecule has 1 aliphatic rings. The number of nitrogens with two attached hydrogens (primary N) is 1. The molecule has 0 aliphatic heterocycles. The van der Waals surface area contributed by atoms with Crippen LogP contribution < -0.4 is 11.1 Å². The lowest BCUT2D eigenvalue weighted by Crippen LogP contribution is -2.29. The van der Waals surface area contributed by atoms with E-state index in [2.05, 4.69) is 10.3 Å². The number of halogens is 2. The number of fused-ring (bicyclic) bond motifs is 1. The van der Waals surface area contributed by atoms with Gasteiger partial charge in [-0.25, -0.2) is 13.8 Å². The van der Waals surface area contributed by atoms with Crippen LogP contribution in [0.1, 0.15) is 12.8 Å². The summed E-state index contributed by atoms with van der Waals surface area (Å²) in [6, 6.07) is 2.08. The molecule has 0 atom stereocenters. The molecule has 1 amide bonds. The van der Waals surface area contributed by atoms with Gasteiger partial charge in [0, 0.05) is 18.2 Å². The van der Waals surface area contributed by atoms with E-state index in [1.165, 1.54) is 4.57 Å². The lowest BCUT2D eigenvalue weighted by atomic mass is 10.3. The maximum Gasteiger partial charge on any atom is 0.240 e. The van der Waals surface area contributed by atoms with E-state index < -0.39 is 11.6 Å². The highest BCUT2D eigenvalue weighted by Gasteiger charge is 2.24. The Kier molecular flexibility index (Phi) is 2.62. The average molecular weight is 266 g/mol. The Morgan fingerprint density at radius 3 is 2.89 bits per heavy atom. The second-order valence-corrected chi connectivity index (χ2v) is 4.65. The summed E-state index contributed by atoms with van der Waals surface area (Å²) in [5.41, 5.74) is 5.80. The number of anilines is 1. The maximum atomic E-state index is 13.5. The highest BCUT2D eigenvalue weighted by Crippen LogP contribution is 2.23. The van der Waals surface area contributed by atoms with Crippen molar-refractivity contribution in [2.24, 2.45) is 0 Å². The molecule has 19 heavy (non-hydrogen) atoms. The number of rotatable bonds is 3. The molecule has 0 spiro atoms. The van der Waals surface area contributed by atoms with Crippen LogP contribution in [-0.4, -0.2) is 21.5 Å². The van der Waals surface area contributed by atoms with E-state index >= 15 is 0 Å². The molecule has 1 fully saturated rings. The molecule has 1 aromatic carbocycles. The molecular weight excluding hydrogens is 254 g/mol. The number of hydrogen-bond donors (Lipinski definition) is 2. The van der Waals surface area contributed by atoms with Crippen LogP contribution in [0.3, 0.4) is 0 Å². The number of aromatic nitrogens is 2. The fourth-order valence-electron chi connectivity index (χ4n) is 1.98. The van der Waals surface area contributed by atoms with Crippen molar-refractivity contribution in [3.8, 4) is 0 Å². The Labute approximate surface area is 107 Å². The molecule has 100 valence electrons. The van der Waals surface area contributed by atoms with Crippen LogP contribution in [0.4, 0.5) is 14.7 Å². The third-order valence-corrected chi connectivity index (χ3v) is 3.05. The molecule has 2 aromatic rings. The molecule has 0 saturated heterocycles. The van der Waals surface area contributed by atoms with E-state index in [-0.39, 0.29) is 35.5 Å². The fourth-order valence-corrected chi connectivity index (χ4v) is 1.98. The molecule has 3 N–H and O–H groups in total. The van der Waals surface area contributed by atoms with Crippen molar-refractivity contribution in [2.45, 2.75) is 25.4 Å². The van der Waals surface area contributed by atoms with Gasteiger partial charge in [0.15, 0.2) is 5.82 Å². The van der Waals surface area contributed by atoms with Crippen LogP contribution in [-0.2, 0) is 11.3 Å². The highest BCUT2D eigenvalue weighted by atomic mass is 19.1. The number of benzene rings is 1. The first-order chi connectivity index (χ1) is 9.04. The molecule has 7 heteroatoms. The number of hydrogen-bond acceptors (Lipinski definition) is 3. The zero-order valence-corrected chi connectivity index (χ0v) is 9.99. The predicted molar refractivity (Wildman–Crippen MR) is 65.2 cm³/mol. The van der Waals surface area contributed by atoms with Crippen molar-refractivity contribution in [1.29, 1.82) is 0 Å². The van der Waals surface area contributed by atoms with Gasteiger partial charge in [-0.05, 0) is 12.8 Å². The Bertz CT molecular complexity index is 663. The molecule has 1 heterocycles. The van der Waals surface area contributed by atoms with Gasteiger partial charge in [-0.1, -0.05) is 0 Å². The molecule has 3 rings (SSSR count). The second-order valence-electron chi connectivity index (χ2n) is 4.65. The van der Waals surface area contributed by atoms with Gasteiger partial charge in [0.1, 0.15) is 17.9 Å². The van der Waals surface area contributed by atoms with E-state index in [4.69, 9.17) is 5.73 Å².